The average Bonchev–Trinajstić information content (AvgIpc) is 1.63. The molecule has 3 aliphatic rings. The fourth-order valence-electron chi connectivity index (χ4n) is 15.3. The van der Waals surface area contributed by atoms with Crippen LogP contribution in [0.25, 0.3) is 91.8 Å². The average molecular weight is 1560 g/mol. The standard InChI is InChI=1S/C100H111N7O7S/c1-6-10-14-18-22-32-64-110-90-42-36-43-91(111-65-33-23-19-15-11-7-2)96(90)94-86-60-56-82(101-86)79(54-49-74-50-55-80(100(108)109)99-98(74)105-115-106-99)83-57-61-87(102-83)95(97-92(112-66-34-24-20-16-12-8-3)44-37-45-93(97)113-67-35-25-21-17-13-9-4)89-63-59-85(104-89)81(84-58-62-88(94)103-84)70-73-68-71(5)114-78(69-73)53-48-72-46-51-77(52-47-72)107(75-38-28-26-29-39-75)76-40-30-27-31-41-76/h26-31,36-48,50-53,55-63,69-71,101,104H,6-25,32-35,64-68H2,1-5H3,(H,108,109)/b53-48-,73-70-,82-79?,83-79?,84-81?,85-81?,94-86?,94-88?,95-87?,95-89?. The second-order valence-electron chi connectivity index (χ2n) is 30.3. The zero-order valence-electron chi connectivity index (χ0n) is 67.8. The predicted octanol–water partition coefficient (Wildman–Crippen LogP) is 27.3. The summed E-state index contributed by atoms with van der Waals surface area (Å²) in [5, 5.41) is 10.3. The Bertz CT molecular complexity index is 5120. The number of hydrogen-bond acceptors (Lipinski definition) is 12. The van der Waals surface area contributed by atoms with Crippen molar-refractivity contribution in [1.29, 1.82) is 0 Å². The largest absolute Gasteiger partial charge is 0.493 e. The minimum Gasteiger partial charge on any atom is -0.493 e. The minimum absolute atomic E-state index is 0.0622. The number of H-pyrrole nitrogens is 2. The van der Waals surface area contributed by atoms with E-state index in [1.54, 1.807) is 12.1 Å². The van der Waals surface area contributed by atoms with E-state index in [2.05, 4.69) is 234 Å². The number of aromatic nitrogens is 6. The summed E-state index contributed by atoms with van der Waals surface area (Å²) in [5.41, 5.74) is 17.0. The number of fused-ring (bicyclic) bond motifs is 9. The van der Waals surface area contributed by atoms with Gasteiger partial charge in [0.2, 0.25) is 0 Å². The van der Waals surface area contributed by atoms with Gasteiger partial charge in [0, 0.05) is 56.7 Å². The number of nitrogens with zero attached hydrogens (tertiary/aromatic N) is 5. The Hall–Kier alpha value is -11.2. The second-order valence-corrected chi connectivity index (χ2v) is 30.8. The first-order valence-electron chi connectivity index (χ1n) is 42.4. The zero-order valence-corrected chi connectivity index (χ0v) is 68.6. The third-order valence-electron chi connectivity index (χ3n) is 21.4. The highest BCUT2D eigenvalue weighted by Crippen LogP contribution is 2.47. The van der Waals surface area contributed by atoms with Crippen molar-refractivity contribution in [1.82, 2.24) is 28.7 Å². The summed E-state index contributed by atoms with van der Waals surface area (Å²) in [6.07, 6.45) is 44.4. The van der Waals surface area contributed by atoms with Gasteiger partial charge in [0.1, 0.15) is 39.8 Å². The quantitative estimate of drug-likeness (QED) is 0.0245. The third kappa shape index (κ3) is 21.6. The predicted molar refractivity (Wildman–Crippen MR) is 477 cm³/mol. The van der Waals surface area contributed by atoms with Crippen LogP contribution in [0.1, 0.15) is 251 Å². The summed E-state index contributed by atoms with van der Waals surface area (Å²) < 4.78 is 43.9. The first-order valence-corrected chi connectivity index (χ1v) is 43.1. The number of carboxylic acids is 1. The van der Waals surface area contributed by atoms with Crippen molar-refractivity contribution in [2.75, 3.05) is 31.3 Å². The van der Waals surface area contributed by atoms with E-state index in [0.717, 1.165) is 173 Å². The number of allylic oxidation sites excluding steroid dienone is 2. The Balaban J connectivity index is 1.03. The van der Waals surface area contributed by atoms with Crippen LogP contribution < -0.4 is 23.8 Å². The molecule has 594 valence electrons. The molecular formula is C100H111N7O7S. The molecular weight excluding hydrogens is 1440 g/mol. The number of benzene rings is 6. The van der Waals surface area contributed by atoms with Crippen molar-refractivity contribution in [2.24, 2.45) is 0 Å². The number of aromatic carboxylic acids is 1. The lowest BCUT2D eigenvalue weighted by Crippen LogP contribution is -2.12. The maximum Gasteiger partial charge on any atom is 0.338 e. The molecule has 0 saturated carbocycles. The lowest BCUT2D eigenvalue weighted by molar-refractivity contribution is 0.0698. The van der Waals surface area contributed by atoms with Gasteiger partial charge in [-0.15, -0.1) is 0 Å². The summed E-state index contributed by atoms with van der Waals surface area (Å²) in [6, 6.07) is 53.7. The van der Waals surface area contributed by atoms with Crippen LogP contribution in [0.3, 0.4) is 0 Å². The summed E-state index contributed by atoms with van der Waals surface area (Å²) in [4.78, 5) is 34.4. The number of unbranched alkanes of at least 4 members (excludes halogenated alkanes) is 20. The van der Waals surface area contributed by atoms with E-state index in [1.165, 1.54) is 77.0 Å². The van der Waals surface area contributed by atoms with Gasteiger partial charge in [0.15, 0.2) is 0 Å². The van der Waals surface area contributed by atoms with E-state index in [0.29, 0.717) is 95.1 Å². The third-order valence-corrected chi connectivity index (χ3v) is 21.9. The van der Waals surface area contributed by atoms with E-state index in [4.69, 9.17) is 33.7 Å². The van der Waals surface area contributed by atoms with Crippen molar-refractivity contribution in [3.63, 3.8) is 0 Å². The van der Waals surface area contributed by atoms with Gasteiger partial charge >= 0.3 is 5.97 Å². The van der Waals surface area contributed by atoms with E-state index < -0.39 is 5.97 Å². The summed E-state index contributed by atoms with van der Waals surface area (Å²) >= 11 is 0.962. The molecule has 3 aliphatic heterocycles. The Morgan fingerprint density at radius 1 is 0.470 bits per heavy atom. The Kier molecular flexibility index (Phi) is 30.0. The van der Waals surface area contributed by atoms with Gasteiger partial charge in [-0.05, 0) is 183 Å². The smallest absolute Gasteiger partial charge is 0.338 e. The first kappa shape index (κ1) is 81.8. The van der Waals surface area contributed by atoms with Gasteiger partial charge in [-0.3, -0.25) is 0 Å². The number of anilines is 3. The number of aromatic amines is 2. The van der Waals surface area contributed by atoms with Crippen molar-refractivity contribution in [3.8, 4) is 57.1 Å². The molecule has 0 fully saturated rings. The maximum atomic E-state index is 12.6. The van der Waals surface area contributed by atoms with Crippen molar-refractivity contribution in [3.05, 3.63) is 232 Å². The Labute approximate surface area is 683 Å². The molecule has 0 spiro atoms. The van der Waals surface area contributed by atoms with Crippen LogP contribution in [0, 0.1) is 11.8 Å². The minimum atomic E-state index is -1.09. The van der Waals surface area contributed by atoms with Gasteiger partial charge in [-0.1, -0.05) is 235 Å². The van der Waals surface area contributed by atoms with Gasteiger partial charge in [0.25, 0.3) is 0 Å². The zero-order chi connectivity index (χ0) is 79.3. The van der Waals surface area contributed by atoms with Gasteiger partial charge in [-0.25, -0.2) is 14.8 Å². The van der Waals surface area contributed by atoms with Crippen molar-refractivity contribution in [2.45, 2.75) is 201 Å². The van der Waals surface area contributed by atoms with Gasteiger partial charge in [-0.2, -0.15) is 8.75 Å². The molecule has 0 saturated heterocycles. The van der Waals surface area contributed by atoms with Crippen LogP contribution in [-0.4, -0.2) is 72.3 Å². The van der Waals surface area contributed by atoms with Gasteiger partial charge < -0.3 is 43.7 Å². The highest BCUT2D eigenvalue weighted by atomic mass is 32.1. The normalized spacial score (nSPS) is 13.5. The fraction of sp³-hybridized carbons (Fsp3) is 0.350. The molecule has 13 rings (SSSR count). The molecule has 115 heavy (non-hydrogen) atoms. The van der Waals surface area contributed by atoms with Crippen molar-refractivity contribution >= 4 is 104 Å². The van der Waals surface area contributed by atoms with Crippen molar-refractivity contribution < 1.29 is 33.6 Å². The Morgan fingerprint density at radius 3 is 1.43 bits per heavy atom. The monoisotopic (exact) mass is 1550 g/mol. The van der Waals surface area contributed by atoms with E-state index >= 15 is 0 Å². The molecule has 14 nitrogen and oxygen atoms in total. The van der Waals surface area contributed by atoms with E-state index in [-0.39, 0.29) is 17.2 Å². The summed E-state index contributed by atoms with van der Waals surface area (Å²) in [5.74, 6) is 9.52. The number of rotatable bonds is 41. The highest BCUT2D eigenvalue weighted by Gasteiger charge is 2.26. The van der Waals surface area contributed by atoms with E-state index in [9.17, 15) is 9.90 Å². The lowest BCUT2D eigenvalue weighted by Gasteiger charge is -2.25. The van der Waals surface area contributed by atoms with Crippen LogP contribution in [0.2, 0.25) is 0 Å². The molecule has 4 aromatic heterocycles. The lowest BCUT2D eigenvalue weighted by atomic mass is 10.0. The number of ether oxygens (including phenoxy) is 5. The summed E-state index contributed by atoms with van der Waals surface area (Å²) in [6.45, 7) is 13.3. The second kappa shape index (κ2) is 42.2. The molecule has 1 unspecified atom stereocenters. The van der Waals surface area contributed by atoms with Gasteiger partial charge in [0.05, 0.1) is 100 Å². The number of carboxylic acid groups (broad SMARTS) is 1. The molecule has 6 aromatic carbocycles. The molecule has 1 atom stereocenters. The number of hydrogen-bond donors (Lipinski definition) is 3. The first-order chi connectivity index (χ1) is 56.7. The van der Waals surface area contributed by atoms with E-state index in [1.807, 2.05) is 30.3 Å². The molecule has 3 N–H and O–H groups in total. The SMILES string of the molecule is CCCCCCCCOc1cccc(OCCCCCCCC)c1-c1c2nc(c(/C=C3C=C(/C=C\c4ccc(N(c5ccccc5)c5ccccc5)cc4)OC(C)C\3)c3ccc([nH]3)c(-c3c(OCCCCCCCC)cccc3OCCCCCCCC)c3nc(c(C#Cc4ccc(C(=O)O)c5nsnc45)c4ccc1[nH]4)C=C3)C=C2. The molecule has 10 aromatic rings. The molecule has 0 aliphatic carbocycles. The number of carbonyl (C=O) groups is 1. The Morgan fingerprint density at radius 2 is 0.913 bits per heavy atom. The molecule has 0 amide bonds. The van der Waals surface area contributed by atoms with Crippen LogP contribution in [-0.2, 0) is 4.74 Å². The van der Waals surface area contributed by atoms with Crippen LogP contribution in [0.15, 0.2) is 181 Å². The molecule has 15 heteroatoms. The maximum absolute atomic E-state index is 12.6. The van der Waals surface area contributed by atoms with Crippen LogP contribution in [0.5, 0.6) is 23.0 Å². The molecule has 8 bridgehead atoms. The summed E-state index contributed by atoms with van der Waals surface area (Å²) in [7, 11) is 0. The molecule has 0 radical (unpaired) electrons. The topological polar surface area (TPSA) is 170 Å². The molecule has 7 heterocycles. The number of nitrogens with one attached hydrogen (secondary N) is 2. The number of para-hydroxylation sites is 2. The van der Waals surface area contributed by atoms with Crippen LogP contribution in [0.4, 0.5) is 17.1 Å². The highest BCUT2D eigenvalue weighted by molar-refractivity contribution is 7.00. The van der Waals surface area contributed by atoms with Crippen LogP contribution >= 0.6 is 11.7 Å². The fourth-order valence-corrected chi connectivity index (χ4v) is 15.9.